The molecule has 0 aromatic carbocycles. The molecule has 126 valence electrons. The Bertz CT molecular complexity index is 630. The minimum absolute atomic E-state index is 0.00598. The first kappa shape index (κ1) is 17.7. The number of piperidine rings is 1. The van der Waals surface area contributed by atoms with Gasteiger partial charge in [-0.3, -0.25) is 4.79 Å². The predicted molar refractivity (Wildman–Crippen MR) is 78.8 cm³/mol. The van der Waals surface area contributed by atoms with Gasteiger partial charge in [-0.15, -0.1) is 0 Å². The van der Waals surface area contributed by atoms with E-state index in [9.17, 15) is 18.4 Å². The van der Waals surface area contributed by atoms with Gasteiger partial charge in [0.25, 0.3) is 11.8 Å². The summed E-state index contributed by atoms with van der Waals surface area (Å²) in [5.41, 5.74) is 4.64. The van der Waals surface area contributed by atoms with Crippen LogP contribution in [0.4, 0.5) is 13.6 Å². The van der Waals surface area contributed by atoms with Crippen molar-refractivity contribution in [2.45, 2.75) is 24.8 Å². The van der Waals surface area contributed by atoms with Crippen molar-refractivity contribution in [3.63, 3.8) is 0 Å². The number of carbonyl (C=O) groups excluding carboxylic acids is 2. The largest absolute Gasteiger partial charge is 0.448 e. The third-order valence-corrected chi connectivity index (χ3v) is 3.89. The van der Waals surface area contributed by atoms with Crippen LogP contribution in [0.2, 0.25) is 10.2 Å². The molecular formula is C13H13Cl2F2N3O3. The maximum atomic E-state index is 13.7. The lowest BCUT2D eigenvalue weighted by atomic mass is 9.99. The molecule has 23 heavy (non-hydrogen) atoms. The highest BCUT2D eigenvalue weighted by Gasteiger charge is 2.43. The van der Waals surface area contributed by atoms with Crippen molar-refractivity contribution in [2.75, 3.05) is 13.2 Å². The van der Waals surface area contributed by atoms with E-state index in [1.165, 1.54) is 12.1 Å². The zero-order chi connectivity index (χ0) is 17.2. The molecule has 0 saturated carbocycles. The van der Waals surface area contributed by atoms with E-state index in [0.717, 1.165) is 4.90 Å². The number of alkyl halides is 2. The number of primary amides is 1. The van der Waals surface area contributed by atoms with Crippen LogP contribution in [-0.4, -0.2) is 47.0 Å². The number of hydrogen-bond donors (Lipinski definition) is 1. The van der Waals surface area contributed by atoms with Crippen molar-refractivity contribution in [3.05, 3.63) is 28.0 Å². The average molecular weight is 368 g/mol. The molecule has 1 saturated heterocycles. The fourth-order valence-corrected chi connectivity index (χ4v) is 2.62. The second-order valence-electron chi connectivity index (χ2n) is 5.08. The van der Waals surface area contributed by atoms with Crippen LogP contribution >= 0.6 is 23.2 Å². The monoisotopic (exact) mass is 367 g/mol. The van der Waals surface area contributed by atoms with Gasteiger partial charge >= 0.3 is 6.09 Å². The summed E-state index contributed by atoms with van der Waals surface area (Å²) in [6.45, 7) is -1.11. The number of aromatic nitrogens is 1. The van der Waals surface area contributed by atoms with Crippen LogP contribution < -0.4 is 5.73 Å². The lowest BCUT2D eigenvalue weighted by molar-refractivity contribution is -0.0788. The van der Waals surface area contributed by atoms with Crippen LogP contribution in [0.5, 0.6) is 0 Å². The Labute approximate surface area is 140 Å². The third kappa shape index (κ3) is 4.42. The highest BCUT2D eigenvalue weighted by Crippen LogP contribution is 2.32. The normalized spacial score (nSPS) is 20.2. The first-order chi connectivity index (χ1) is 10.7. The summed E-state index contributed by atoms with van der Waals surface area (Å²) >= 11 is 11.6. The molecular weight excluding hydrogens is 355 g/mol. The number of nitrogens with zero attached hydrogens (tertiary/aromatic N) is 2. The molecule has 1 aromatic heterocycles. The first-order valence-electron chi connectivity index (χ1n) is 6.63. The topological polar surface area (TPSA) is 85.5 Å². The van der Waals surface area contributed by atoms with Gasteiger partial charge in [-0.2, -0.15) is 0 Å². The van der Waals surface area contributed by atoms with Crippen LogP contribution in [0.15, 0.2) is 12.1 Å². The van der Waals surface area contributed by atoms with Crippen LogP contribution in [-0.2, 0) is 4.74 Å². The Hall–Kier alpha value is -1.67. The van der Waals surface area contributed by atoms with Crippen molar-refractivity contribution < 1.29 is 23.1 Å². The average Bonchev–Trinajstić information content (AvgIpc) is 2.47. The van der Waals surface area contributed by atoms with Crippen molar-refractivity contribution >= 4 is 35.2 Å². The van der Waals surface area contributed by atoms with Gasteiger partial charge in [0.05, 0.1) is 17.6 Å². The van der Waals surface area contributed by atoms with Crippen molar-refractivity contribution in [3.8, 4) is 0 Å². The molecule has 2 heterocycles. The van der Waals surface area contributed by atoms with Crippen LogP contribution in [0.25, 0.3) is 0 Å². The van der Waals surface area contributed by atoms with Gasteiger partial charge in [-0.25, -0.2) is 18.6 Å². The smallest absolute Gasteiger partial charge is 0.404 e. The SMILES string of the molecule is NC(=O)OC[C@H]1CCC(F)(F)CN1C(=O)c1nc(Cl)ccc1Cl. The number of carbonyl (C=O) groups is 2. The fraction of sp³-hybridized carbons (Fsp3) is 0.462. The minimum atomic E-state index is -3.05. The van der Waals surface area contributed by atoms with Crippen LogP contribution in [0.1, 0.15) is 23.3 Å². The molecule has 0 radical (unpaired) electrons. The van der Waals surface area contributed by atoms with Crippen molar-refractivity contribution in [1.29, 1.82) is 0 Å². The number of rotatable bonds is 3. The Morgan fingerprint density at radius 3 is 2.78 bits per heavy atom. The zero-order valence-electron chi connectivity index (χ0n) is 11.8. The molecule has 1 aromatic rings. The summed E-state index contributed by atoms with van der Waals surface area (Å²) < 4.78 is 32.0. The van der Waals surface area contributed by atoms with E-state index >= 15 is 0 Å². The summed E-state index contributed by atoms with van der Waals surface area (Å²) in [7, 11) is 0. The summed E-state index contributed by atoms with van der Waals surface area (Å²) in [4.78, 5) is 27.9. The fourth-order valence-electron chi connectivity index (χ4n) is 2.28. The molecule has 1 aliphatic heterocycles. The van der Waals surface area contributed by atoms with Crippen LogP contribution in [0, 0.1) is 0 Å². The van der Waals surface area contributed by atoms with E-state index in [2.05, 4.69) is 9.72 Å². The van der Waals surface area contributed by atoms with Crippen LogP contribution in [0.3, 0.4) is 0 Å². The summed E-state index contributed by atoms with van der Waals surface area (Å²) in [5.74, 6) is -3.86. The molecule has 1 fully saturated rings. The molecule has 1 aliphatic rings. The van der Waals surface area contributed by atoms with E-state index in [1.54, 1.807) is 0 Å². The maximum absolute atomic E-state index is 13.7. The van der Waals surface area contributed by atoms with E-state index in [-0.39, 0.29) is 28.9 Å². The summed E-state index contributed by atoms with van der Waals surface area (Å²) in [6.07, 6.45) is -1.53. The molecule has 0 bridgehead atoms. The second-order valence-corrected chi connectivity index (χ2v) is 5.87. The molecule has 0 spiro atoms. The molecule has 2 N–H and O–H groups in total. The number of pyridine rings is 1. The third-order valence-electron chi connectivity index (χ3n) is 3.38. The van der Waals surface area contributed by atoms with Crippen molar-refractivity contribution in [2.24, 2.45) is 5.73 Å². The zero-order valence-corrected chi connectivity index (χ0v) is 13.3. The van der Waals surface area contributed by atoms with Gasteiger partial charge in [0.1, 0.15) is 17.5 Å². The van der Waals surface area contributed by atoms with E-state index in [1.807, 2.05) is 0 Å². The lowest BCUT2D eigenvalue weighted by Gasteiger charge is -2.38. The number of hydrogen-bond acceptors (Lipinski definition) is 4. The van der Waals surface area contributed by atoms with Gasteiger partial charge in [-0.1, -0.05) is 23.2 Å². The Morgan fingerprint density at radius 2 is 2.13 bits per heavy atom. The van der Waals surface area contributed by atoms with E-state index < -0.39 is 36.9 Å². The number of nitrogens with two attached hydrogens (primary N) is 1. The van der Waals surface area contributed by atoms with E-state index in [4.69, 9.17) is 28.9 Å². The lowest BCUT2D eigenvalue weighted by Crippen LogP contribution is -2.53. The second kappa shape index (κ2) is 6.84. The number of halogens is 4. The Kier molecular flexibility index (Phi) is 5.26. The molecule has 10 heteroatoms. The Balaban J connectivity index is 2.27. The molecule has 6 nitrogen and oxygen atoms in total. The predicted octanol–water partition coefficient (Wildman–Crippen LogP) is 2.72. The number of ether oxygens (including phenoxy) is 1. The number of likely N-dealkylation sites (tertiary alicyclic amines) is 1. The quantitative estimate of drug-likeness (QED) is 0.832. The van der Waals surface area contributed by atoms with Gasteiger partial charge in [0.2, 0.25) is 0 Å². The van der Waals surface area contributed by atoms with Gasteiger partial charge in [-0.05, 0) is 18.6 Å². The Morgan fingerprint density at radius 1 is 1.43 bits per heavy atom. The molecule has 2 amide bonds. The molecule has 0 unspecified atom stereocenters. The summed E-state index contributed by atoms with van der Waals surface area (Å²) in [5, 5.41) is -0.00526. The first-order valence-corrected chi connectivity index (χ1v) is 7.38. The van der Waals surface area contributed by atoms with E-state index in [0.29, 0.717) is 0 Å². The van der Waals surface area contributed by atoms with Gasteiger partial charge in [0, 0.05) is 6.42 Å². The molecule has 2 rings (SSSR count). The number of amides is 2. The highest BCUT2D eigenvalue weighted by atomic mass is 35.5. The maximum Gasteiger partial charge on any atom is 0.404 e. The molecule has 0 aliphatic carbocycles. The van der Waals surface area contributed by atoms with Gasteiger partial charge in [0.15, 0.2) is 0 Å². The summed E-state index contributed by atoms with van der Waals surface area (Å²) in [6, 6.07) is 1.98. The minimum Gasteiger partial charge on any atom is -0.448 e. The van der Waals surface area contributed by atoms with Gasteiger partial charge < -0.3 is 15.4 Å². The van der Waals surface area contributed by atoms with Crippen molar-refractivity contribution in [1.82, 2.24) is 9.88 Å². The highest BCUT2D eigenvalue weighted by molar-refractivity contribution is 6.34. The standard InChI is InChI=1S/C13H13Cl2F2N3O3/c14-8-1-2-9(15)19-10(8)11(21)20-6-13(16,17)4-3-7(20)5-23-12(18)22/h1-2,7H,3-6H2,(H2,18,22)/t7-/m1/s1. The molecule has 1 atom stereocenters.